The summed E-state index contributed by atoms with van der Waals surface area (Å²) in [5.41, 5.74) is 1.97. The van der Waals surface area contributed by atoms with E-state index >= 15 is 0 Å². The van der Waals surface area contributed by atoms with Crippen LogP contribution in [0.1, 0.15) is 46.6 Å². The van der Waals surface area contributed by atoms with Crippen molar-refractivity contribution in [1.29, 1.82) is 0 Å². The Morgan fingerprint density at radius 2 is 1.69 bits per heavy atom. The lowest BCUT2D eigenvalue weighted by atomic mass is 9.87. The van der Waals surface area contributed by atoms with E-state index in [-0.39, 0.29) is 11.3 Å². The lowest BCUT2D eigenvalue weighted by molar-refractivity contribution is -0.122. The monoisotopic (exact) mass is 355 g/mol. The number of amides is 1. The van der Waals surface area contributed by atoms with Gasteiger partial charge >= 0.3 is 0 Å². The number of para-hydroxylation sites is 2. The Hall–Kier alpha value is -2.49. The number of carbonyl (C=O) groups is 1. The van der Waals surface area contributed by atoms with Gasteiger partial charge < -0.3 is 14.8 Å². The first-order valence-corrected chi connectivity index (χ1v) is 9.15. The highest BCUT2D eigenvalue weighted by Gasteiger charge is 2.20. The first-order chi connectivity index (χ1) is 12.3. The molecule has 1 amide bonds. The van der Waals surface area contributed by atoms with Crippen molar-refractivity contribution in [1.82, 2.24) is 0 Å². The maximum atomic E-state index is 12.6. The van der Waals surface area contributed by atoms with E-state index < -0.39 is 6.10 Å². The maximum absolute atomic E-state index is 12.6. The second-order valence-electron chi connectivity index (χ2n) is 7.21. The SMILES string of the molecule is CCOc1ccccc1NC(=O)[C@H](CC)Oc1ccc(C(C)(C)C)cc1. The zero-order chi connectivity index (χ0) is 19.2. The minimum absolute atomic E-state index is 0.0864. The molecule has 0 heterocycles. The van der Waals surface area contributed by atoms with Gasteiger partial charge in [0.05, 0.1) is 12.3 Å². The predicted molar refractivity (Wildman–Crippen MR) is 106 cm³/mol. The molecule has 4 heteroatoms. The number of anilines is 1. The van der Waals surface area contributed by atoms with E-state index in [0.29, 0.717) is 30.2 Å². The van der Waals surface area contributed by atoms with Crippen molar-refractivity contribution in [3.05, 3.63) is 54.1 Å². The zero-order valence-corrected chi connectivity index (χ0v) is 16.3. The van der Waals surface area contributed by atoms with Crippen LogP contribution in [0.5, 0.6) is 11.5 Å². The van der Waals surface area contributed by atoms with Gasteiger partial charge in [0.15, 0.2) is 6.10 Å². The first-order valence-electron chi connectivity index (χ1n) is 9.15. The second kappa shape index (κ2) is 8.75. The quantitative estimate of drug-likeness (QED) is 0.744. The lowest BCUT2D eigenvalue weighted by Crippen LogP contribution is -2.32. The van der Waals surface area contributed by atoms with Gasteiger partial charge in [-0.15, -0.1) is 0 Å². The molecule has 0 aliphatic heterocycles. The van der Waals surface area contributed by atoms with E-state index in [2.05, 4.69) is 26.1 Å². The fraction of sp³-hybridized carbons (Fsp3) is 0.409. The third-order valence-corrected chi connectivity index (χ3v) is 4.11. The highest BCUT2D eigenvalue weighted by atomic mass is 16.5. The number of rotatable bonds is 7. The summed E-state index contributed by atoms with van der Waals surface area (Å²) in [6.45, 7) is 10.9. The molecule has 0 radical (unpaired) electrons. The van der Waals surface area contributed by atoms with E-state index in [1.54, 1.807) is 0 Å². The van der Waals surface area contributed by atoms with Crippen molar-refractivity contribution in [2.75, 3.05) is 11.9 Å². The fourth-order valence-corrected chi connectivity index (χ4v) is 2.58. The number of nitrogens with one attached hydrogen (secondary N) is 1. The van der Waals surface area contributed by atoms with E-state index in [1.165, 1.54) is 5.56 Å². The number of hydrogen-bond donors (Lipinski definition) is 1. The van der Waals surface area contributed by atoms with Crippen LogP contribution in [0.25, 0.3) is 0 Å². The van der Waals surface area contributed by atoms with Gasteiger partial charge in [0.1, 0.15) is 11.5 Å². The van der Waals surface area contributed by atoms with Crippen molar-refractivity contribution >= 4 is 11.6 Å². The van der Waals surface area contributed by atoms with Gasteiger partial charge in [0, 0.05) is 0 Å². The molecule has 0 spiro atoms. The summed E-state index contributed by atoms with van der Waals surface area (Å²) in [5, 5.41) is 2.91. The van der Waals surface area contributed by atoms with E-state index in [0.717, 1.165) is 0 Å². The first kappa shape index (κ1) is 19.8. The molecule has 0 saturated carbocycles. The van der Waals surface area contributed by atoms with Crippen LogP contribution in [0.3, 0.4) is 0 Å². The summed E-state index contributed by atoms with van der Waals surface area (Å²) in [6.07, 6.45) is 0.00841. The molecule has 0 bridgehead atoms. The molecule has 140 valence electrons. The Morgan fingerprint density at radius 1 is 1.04 bits per heavy atom. The van der Waals surface area contributed by atoms with Crippen molar-refractivity contribution in [2.24, 2.45) is 0 Å². The Bertz CT molecular complexity index is 717. The van der Waals surface area contributed by atoms with Crippen molar-refractivity contribution in [2.45, 2.75) is 52.6 Å². The predicted octanol–water partition coefficient (Wildman–Crippen LogP) is 5.18. The third-order valence-electron chi connectivity index (χ3n) is 4.11. The van der Waals surface area contributed by atoms with Crippen LogP contribution in [-0.2, 0) is 10.2 Å². The van der Waals surface area contributed by atoms with Gasteiger partial charge in [-0.1, -0.05) is 52.0 Å². The van der Waals surface area contributed by atoms with Crippen LogP contribution in [-0.4, -0.2) is 18.6 Å². The average molecular weight is 355 g/mol. The summed E-state index contributed by atoms with van der Waals surface area (Å²) < 4.78 is 11.5. The molecule has 4 nitrogen and oxygen atoms in total. The molecule has 1 atom stereocenters. The van der Waals surface area contributed by atoms with Gasteiger partial charge in [-0.2, -0.15) is 0 Å². The Balaban J connectivity index is 2.07. The summed E-state index contributed by atoms with van der Waals surface area (Å²) in [6, 6.07) is 15.3. The zero-order valence-electron chi connectivity index (χ0n) is 16.3. The highest BCUT2D eigenvalue weighted by Crippen LogP contribution is 2.26. The molecule has 0 aromatic heterocycles. The van der Waals surface area contributed by atoms with Gasteiger partial charge in [0.25, 0.3) is 5.91 Å². The Labute approximate surface area is 156 Å². The molecule has 2 aromatic carbocycles. The summed E-state index contributed by atoms with van der Waals surface area (Å²) >= 11 is 0. The van der Waals surface area contributed by atoms with Crippen LogP contribution in [0.15, 0.2) is 48.5 Å². The van der Waals surface area contributed by atoms with Crippen LogP contribution in [0, 0.1) is 0 Å². The van der Waals surface area contributed by atoms with E-state index in [1.807, 2.05) is 62.4 Å². The molecule has 0 unspecified atom stereocenters. The minimum Gasteiger partial charge on any atom is -0.492 e. The smallest absolute Gasteiger partial charge is 0.265 e. The van der Waals surface area contributed by atoms with Crippen LogP contribution in [0.2, 0.25) is 0 Å². The third kappa shape index (κ3) is 5.25. The topological polar surface area (TPSA) is 47.6 Å². The molecule has 0 aliphatic carbocycles. The largest absolute Gasteiger partial charge is 0.492 e. The Kier molecular flexibility index (Phi) is 6.67. The number of ether oxygens (including phenoxy) is 2. The maximum Gasteiger partial charge on any atom is 0.265 e. The number of carbonyl (C=O) groups excluding carboxylic acids is 1. The van der Waals surface area contributed by atoms with Crippen LogP contribution in [0.4, 0.5) is 5.69 Å². The fourth-order valence-electron chi connectivity index (χ4n) is 2.58. The molecule has 1 N–H and O–H groups in total. The molecule has 0 saturated heterocycles. The van der Waals surface area contributed by atoms with Gasteiger partial charge in [-0.05, 0) is 48.6 Å². The Morgan fingerprint density at radius 3 is 2.27 bits per heavy atom. The normalized spacial score (nSPS) is 12.3. The molecular formula is C22H29NO3. The lowest BCUT2D eigenvalue weighted by Gasteiger charge is -2.21. The molecule has 0 fully saturated rings. The van der Waals surface area contributed by atoms with E-state index in [9.17, 15) is 4.79 Å². The number of hydrogen-bond acceptors (Lipinski definition) is 3. The molecule has 0 aliphatic rings. The van der Waals surface area contributed by atoms with Crippen LogP contribution >= 0.6 is 0 Å². The molecule has 2 rings (SSSR count). The summed E-state index contributed by atoms with van der Waals surface area (Å²) in [4.78, 5) is 12.6. The van der Waals surface area contributed by atoms with Gasteiger partial charge in [0.2, 0.25) is 0 Å². The highest BCUT2D eigenvalue weighted by molar-refractivity contribution is 5.95. The average Bonchev–Trinajstić information content (AvgIpc) is 2.61. The van der Waals surface area contributed by atoms with Crippen molar-refractivity contribution < 1.29 is 14.3 Å². The standard InChI is InChI=1S/C22H29NO3/c1-6-19(26-17-14-12-16(13-15-17)22(3,4)5)21(24)23-18-10-8-9-11-20(18)25-7-2/h8-15,19H,6-7H2,1-5H3,(H,23,24)/t19-/m0/s1. The molecule has 26 heavy (non-hydrogen) atoms. The van der Waals surface area contributed by atoms with Gasteiger partial charge in [-0.3, -0.25) is 4.79 Å². The minimum atomic E-state index is -0.565. The van der Waals surface area contributed by atoms with Crippen LogP contribution < -0.4 is 14.8 Å². The summed E-state index contributed by atoms with van der Waals surface area (Å²) in [5.74, 6) is 1.17. The van der Waals surface area contributed by atoms with E-state index in [4.69, 9.17) is 9.47 Å². The van der Waals surface area contributed by atoms with Crippen molar-refractivity contribution in [3.8, 4) is 11.5 Å². The number of benzene rings is 2. The van der Waals surface area contributed by atoms with Gasteiger partial charge in [-0.25, -0.2) is 0 Å². The molecular weight excluding hydrogens is 326 g/mol. The van der Waals surface area contributed by atoms with Crippen molar-refractivity contribution in [3.63, 3.8) is 0 Å². The summed E-state index contributed by atoms with van der Waals surface area (Å²) in [7, 11) is 0. The second-order valence-corrected chi connectivity index (χ2v) is 7.21. The molecule has 2 aromatic rings.